The second-order valence-electron chi connectivity index (χ2n) is 12.6. The van der Waals surface area contributed by atoms with Gasteiger partial charge in [-0.15, -0.1) is 0 Å². The van der Waals surface area contributed by atoms with Crippen molar-refractivity contribution in [2.24, 2.45) is 46.3 Å². The summed E-state index contributed by atoms with van der Waals surface area (Å²) in [5.41, 5.74) is 1.18. The van der Waals surface area contributed by atoms with Crippen LogP contribution in [0.1, 0.15) is 132 Å². The maximum atomic E-state index is 12.1. The number of rotatable bonds is 6. The standard InChI is InChI=1S/C28H49NO.C2H6/c1-6-20-18-22-24-14-13-21(10-9-12-26(30)29-19(2)3)27(24,4)17-15-25(22)28(5)16-8-7-11-23(20)28;1-2/h19-25H,6-18H2,1-5H3,(H,29,30);1-2H3/t20-,21?,22?,23?,24?,25-,27?,28?;/m1./s1. The van der Waals surface area contributed by atoms with Crippen LogP contribution in [0.15, 0.2) is 0 Å². The molecule has 6 unspecified atom stereocenters. The smallest absolute Gasteiger partial charge is 0.220 e. The van der Waals surface area contributed by atoms with Crippen LogP contribution >= 0.6 is 0 Å². The Morgan fingerprint density at radius 2 is 1.66 bits per heavy atom. The van der Waals surface area contributed by atoms with Crippen molar-refractivity contribution in [3.63, 3.8) is 0 Å². The van der Waals surface area contributed by atoms with Crippen molar-refractivity contribution in [1.29, 1.82) is 0 Å². The second kappa shape index (κ2) is 10.8. The molecular weight excluding hydrogens is 390 g/mol. The minimum Gasteiger partial charge on any atom is -0.354 e. The third kappa shape index (κ3) is 4.81. The van der Waals surface area contributed by atoms with Crippen molar-refractivity contribution < 1.29 is 4.79 Å². The van der Waals surface area contributed by atoms with Crippen LogP contribution in [-0.4, -0.2) is 11.9 Å². The lowest BCUT2D eigenvalue weighted by atomic mass is 9.42. The zero-order chi connectivity index (χ0) is 23.5. The minimum atomic E-state index is 0.253. The molecular formula is C30H55NO. The lowest BCUT2D eigenvalue weighted by molar-refractivity contribution is -0.136. The molecule has 4 aliphatic carbocycles. The van der Waals surface area contributed by atoms with Gasteiger partial charge in [0.2, 0.25) is 5.91 Å². The molecule has 4 rings (SSSR count). The Morgan fingerprint density at radius 3 is 2.34 bits per heavy atom. The molecule has 0 aromatic carbocycles. The fourth-order valence-electron chi connectivity index (χ4n) is 9.51. The normalized spacial score (nSPS) is 42.9. The fourth-order valence-corrected chi connectivity index (χ4v) is 9.51. The molecule has 4 aliphatic rings. The summed E-state index contributed by atoms with van der Waals surface area (Å²) in [5, 5.41) is 3.07. The van der Waals surface area contributed by atoms with E-state index in [0.29, 0.717) is 10.8 Å². The molecule has 0 radical (unpaired) electrons. The van der Waals surface area contributed by atoms with Crippen molar-refractivity contribution in [3.8, 4) is 0 Å². The van der Waals surface area contributed by atoms with Crippen LogP contribution in [0.25, 0.3) is 0 Å². The number of carbonyl (C=O) groups excluding carboxylic acids is 1. The van der Waals surface area contributed by atoms with E-state index in [1.807, 2.05) is 13.8 Å². The Morgan fingerprint density at radius 1 is 0.938 bits per heavy atom. The lowest BCUT2D eigenvalue weighted by Crippen LogP contribution is -2.55. The number of hydrogen-bond donors (Lipinski definition) is 1. The van der Waals surface area contributed by atoms with Crippen LogP contribution in [0.2, 0.25) is 0 Å². The Kier molecular flexibility index (Phi) is 8.81. The topological polar surface area (TPSA) is 29.1 Å². The predicted octanol–water partition coefficient (Wildman–Crippen LogP) is 8.39. The van der Waals surface area contributed by atoms with Gasteiger partial charge >= 0.3 is 0 Å². The highest BCUT2D eigenvalue weighted by atomic mass is 16.1. The van der Waals surface area contributed by atoms with Crippen molar-refractivity contribution in [2.75, 3.05) is 0 Å². The summed E-state index contributed by atoms with van der Waals surface area (Å²) in [5.74, 6) is 6.05. The summed E-state index contributed by atoms with van der Waals surface area (Å²) in [7, 11) is 0. The summed E-state index contributed by atoms with van der Waals surface area (Å²) in [4.78, 5) is 12.1. The molecule has 8 atom stereocenters. The summed E-state index contributed by atoms with van der Waals surface area (Å²) < 4.78 is 0. The number of nitrogens with one attached hydrogen (secondary N) is 1. The first-order chi connectivity index (χ1) is 15.3. The zero-order valence-corrected chi connectivity index (χ0v) is 22.6. The summed E-state index contributed by atoms with van der Waals surface area (Å²) in [6.07, 6.45) is 17.8. The van der Waals surface area contributed by atoms with E-state index in [-0.39, 0.29) is 11.9 Å². The van der Waals surface area contributed by atoms with Crippen molar-refractivity contribution in [3.05, 3.63) is 0 Å². The van der Waals surface area contributed by atoms with Crippen molar-refractivity contribution in [2.45, 2.75) is 138 Å². The van der Waals surface area contributed by atoms with Crippen LogP contribution in [0, 0.1) is 46.3 Å². The molecule has 1 amide bonds. The summed E-state index contributed by atoms with van der Waals surface area (Å²) in [6, 6.07) is 0.268. The maximum absolute atomic E-state index is 12.1. The summed E-state index contributed by atoms with van der Waals surface area (Å²) in [6.45, 7) is 16.0. The van der Waals surface area contributed by atoms with E-state index < -0.39 is 0 Å². The Labute approximate surface area is 200 Å². The SMILES string of the molecule is CC.CC[C@@H]1CC2C3CCC(CCCC(=O)NC(C)C)C3(C)CC[C@H]2C2(C)CCCCC12. The van der Waals surface area contributed by atoms with Crippen LogP contribution in [-0.2, 0) is 4.79 Å². The minimum absolute atomic E-state index is 0.253. The molecule has 4 saturated carbocycles. The highest BCUT2D eigenvalue weighted by molar-refractivity contribution is 5.76. The molecule has 0 aromatic rings. The highest BCUT2D eigenvalue weighted by Gasteiger charge is 2.60. The van der Waals surface area contributed by atoms with Gasteiger partial charge in [-0.2, -0.15) is 0 Å². The van der Waals surface area contributed by atoms with E-state index in [2.05, 4.69) is 39.9 Å². The molecule has 2 nitrogen and oxygen atoms in total. The van der Waals surface area contributed by atoms with E-state index in [4.69, 9.17) is 0 Å². The first-order valence-corrected chi connectivity index (χ1v) is 14.6. The number of carbonyl (C=O) groups is 1. The molecule has 1 N–H and O–H groups in total. The molecule has 2 heteroatoms. The molecule has 0 saturated heterocycles. The molecule has 0 aliphatic heterocycles. The molecule has 0 bridgehead atoms. The molecule has 4 fully saturated rings. The van der Waals surface area contributed by atoms with Gasteiger partial charge in [-0.3, -0.25) is 4.79 Å². The van der Waals surface area contributed by atoms with Gasteiger partial charge in [-0.1, -0.05) is 53.9 Å². The Hall–Kier alpha value is -0.530. The third-order valence-corrected chi connectivity index (χ3v) is 10.9. The van der Waals surface area contributed by atoms with Gasteiger partial charge in [-0.05, 0) is 118 Å². The predicted molar refractivity (Wildman–Crippen MR) is 137 cm³/mol. The highest BCUT2D eigenvalue weighted by Crippen LogP contribution is 2.69. The van der Waals surface area contributed by atoms with Gasteiger partial charge in [0, 0.05) is 12.5 Å². The average molecular weight is 446 g/mol. The van der Waals surface area contributed by atoms with E-state index in [0.717, 1.165) is 48.3 Å². The molecule has 186 valence electrons. The number of hydrogen-bond acceptors (Lipinski definition) is 1. The van der Waals surface area contributed by atoms with Gasteiger partial charge in [0.15, 0.2) is 0 Å². The van der Waals surface area contributed by atoms with Gasteiger partial charge in [-0.25, -0.2) is 0 Å². The van der Waals surface area contributed by atoms with Crippen LogP contribution < -0.4 is 5.32 Å². The summed E-state index contributed by atoms with van der Waals surface area (Å²) >= 11 is 0. The molecule has 32 heavy (non-hydrogen) atoms. The average Bonchev–Trinajstić information content (AvgIpc) is 3.10. The lowest BCUT2D eigenvalue weighted by Gasteiger charge is -2.62. The van der Waals surface area contributed by atoms with E-state index >= 15 is 0 Å². The van der Waals surface area contributed by atoms with E-state index in [1.165, 1.54) is 70.6 Å². The van der Waals surface area contributed by atoms with E-state index in [9.17, 15) is 4.79 Å². The Bertz CT molecular complexity index is 614. The van der Waals surface area contributed by atoms with Crippen molar-refractivity contribution >= 4 is 5.91 Å². The van der Waals surface area contributed by atoms with E-state index in [1.54, 1.807) is 0 Å². The Balaban J connectivity index is 0.00000141. The first kappa shape index (κ1) is 26.1. The third-order valence-electron chi connectivity index (χ3n) is 10.9. The molecule has 0 aromatic heterocycles. The monoisotopic (exact) mass is 445 g/mol. The van der Waals surface area contributed by atoms with Crippen LogP contribution in [0.5, 0.6) is 0 Å². The number of fused-ring (bicyclic) bond motifs is 5. The maximum Gasteiger partial charge on any atom is 0.220 e. The van der Waals surface area contributed by atoms with Gasteiger partial charge in [0.25, 0.3) is 0 Å². The fraction of sp³-hybridized carbons (Fsp3) is 0.967. The van der Waals surface area contributed by atoms with Crippen LogP contribution in [0.3, 0.4) is 0 Å². The van der Waals surface area contributed by atoms with Gasteiger partial charge in [0.05, 0.1) is 0 Å². The zero-order valence-electron chi connectivity index (χ0n) is 22.6. The van der Waals surface area contributed by atoms with Gasteiger partial charge in [0.1, 0.15) is 0 Å². The quantitative estimate of drug-likeness (QED) is 0.437. The van der Waals surface area contributed by atoms with Crippen molar-refractivity contribution in [1.82, 2.24) is 5.32 Å². The first-order valence-electron chi connectivity index (χ1n) is 14.6. The van der Waals surface area contributed by atoms with Crippen LogP contribution in [0.4, 0.5) is 0 Å². The number of amides is 1. The molecule has 0 heterocycles. The largest absolute Gasteiger partial charge is 0.354 e. The second-order valence-corrected chi connectivity index (χ2v) is 12.6. The van der Waals surface area contributed by atoms with Gasteiger partial charge < -0.3 is 5.32 Å². The molecule has 0 spiro atoms.